The fraction of sp³-hybridized carbons (Fsp3) is 0.0333. The van der Waals surface area contributed by atoms with E-state index in [0.717, 1.165) is 42.3 Å². The Morgan fingerprint density at radius 1 is 0.360 bits per heavy atom. The molecular formula is C60H48MoN6O6Si2. The van der Waals surface area contributed by atoms with Crippen LogP contribution in [0.15, 0.2) is 229 Å². The molecule has 2 aliphatic rings. The fourth-order valence-electron chi connectivity index (χ4n) is 10.7. The van der Waals surface area contributed by atoms with E-state index in [4.69, 9.17) is 0 Å². The maximum absolute atomic E-state index is 15.3. The molecule has 368 valence electrons. The molecule has 0 fully saturated rings. The molecule has 0 radical (unpaired) electrons. The van der Waals surface area contributed by atoms with Crippen LogP contribution in [0.4, 0.5) is 11.4 Å². The van der Waals surface area contributed by atoms with E-state index in [-0.39, 0.29) is 11.8 Å². The van der Waals surface area contributed by atoms with Crippen molar-refractivity contribution in [2.45, 2.75) is 8.62 Å². The first kappa shape index (κ1) is 49.7. The zero-order chi connectivity index (χ0) is 51.8. The van der Waals surface area contributed by atoms with Crippen molar-refractivity contribution in [2.24, 2.45) is 0 Å². The molecule has 2 aliphatic carbocycles. The summed E-state index contributed by atoms with van der Waals surface area (Å²) in [6.45, 7) is 0. The molecule has 6 N–H and O–H groups in total. The maximum atomic E-state index is 15.3. The van der Waals surface area contributed by atoms with Gasteiger partial charge in [-0.1, -0.05) is 0 Å². The van der Waals surface area contributed by atoms with Gasteiger partial charge in [0.1, 0.15) is 0 Å². The van der Waals surface area contributed by atoms with Gasteiger partial charge in [0.05, 0.1) is 0 Å². The van der Waals surface area contributed by atoms with E-state index < -0.39 is 43.6 Å². The first-order chi connectivity index (χ1) is 36.9. The summed E-state index contributed by atoms with van der Waals surface area (Å²) in [5, 5.41) is 17.0. The second-order valence-corrected chi connectivity index (χ2v) is 27.5. The quantitative estimate of drug-likeness (QED) is 0.0398. The summed E-state index contributed by atoms with van der Waals surface area (Å²) >= 11 is -1.83. The summed E-state index contributed by atoms with van der Waals surface area (Å²) in [6.07, 6.45) is 2.48. The van der Waals surface area contributed by atoms with E-state index in [1.165, 1.54) is 0 Å². The standard InChI is InChI=1S/2C30H24N3O3Si.Mo/c2*34-20-31-26-18-10-13-23-19-27(29(28(23)26)32-21-35)37(24-14-6-2-7-15-24,25-16-8-3-9-17-25)33-30(36)22-11-4-1-5-12-22;/h2*1-21H,(H,31,34)(H,32,35)(H,33,36);. The van der Waals surface area contributed by atoms with Gasteiger partial charge in [-0.25, -0.2) is 0 Å². The molecule has 0 saturated heterocycles. The number of amides is 6. The molecule has 10 rings (SSSR count). The van der Waals surface area contributed by atoms with E-state index in [1.807, 2.05) is 182 Å². The number of nitrogens with one attached hydrogen (secondary N) is 6. The van der Waals surface area contributed by atoms with Crippen molar-refractivity contribution in [3.05, 3.63) is 262 Å². The molecular weight excluding hydrogens is 1050 g/mol. The SMILES string of the molecule is O=CNC1=C([Si](NC(=O)c2ccccc2)(c2ccccc2)c2ccccc2)[CH]([Mo][CH]2C([Si](NC(=O)c3ccccc3)(c3ccccc3)c3ccccc3)=C(NC=O)c3c(NC=O)cccc32)c2cccc(NC=O)c21. The first-order valence-corrected chi connectivity index (χ1v) is 30.4. The van der Waals surface area contributed by atoms with Gasteiger partial charge >= 0.3 is 447 Å². The van der Waals surface area contributed by atoms with E-state index in [2.05, 4.69) is 31.2 Å². The summed E-state index contributed by atoms with van der Waals surface area (Å²) in [4.78, 5) is 89.9. The number of benzene rings is 8. The van der Waals surface area contributed by atoms with Crippen LogP contribution < -0.4 is 52.0 Å². The molecule has 0 heterocycles. The molecule has 2 unspecified atom stereocenters. The van der Waals surface area contributed by atoms with Gasteiger partial charge in [0.25, 0.3) is 0 Å². The number of fused-ring (bicyclic) bond motifs is 2. The summed E-state index contributed by atoms with van der Waals surface area (Å²) in [6, 6.07) is 68.8. The van der Waals surface area contributed by atoms with Gasteiger partial charge in [0.2, 0.25) is 0 Å². The van der Waals surface area contributed by atoms with E-state index in [1.54, 1.807) is 36.4 Å². The molecule has 8 aromatic rings. The Hall–Kier alpha value is -8.82. The predicted molar refractivity (Wildman–Crippen MR) is 294 cm³/mol. The number of carbonyl (C=O) groups excluding carboxylic acids is 6. The Labute approximate surface area is 444 Å². The number of carbonyl (C=O) groups is 6. The van der Waals surface area contributed by atoms with Gasteiger partial charge in [-0.05, 0) is 0 Å². The van der Waals surface area contributed by atoms with Crippen LogP contribution in [-0.2, 0) is 37.7 Å². The molecule has 0 aliphatic heterocycles. The van der Waals surface area contributed by atoms with E-state index >= 15 is 9.59 Å². The number of rotatable bonds is 20. The second kappa shape index (κ2) is 22.1. The minimum absolute atomic E-state index is 0.327. The van der Waals surface area contributed by atoms with Crippen molar-refractivity contribution >= 4 is 97.4 Å². The molecule has 0 bridgehead atoms. The summed E-state index contributed by atoms with van der Waals surface area (Å²) < 4.78 is -1.11. The molecule has 8 aromatic carbocycles. The average Bonchev–Trinajstić information content (AvgIpc) is 3.99. The van der Waals surface area contributed by atoms with Crippen molar-refractivity contribution < 1.29 is 47.3 Å². The zero-order valence-electron chi connectivity index (χ0n) is 40.1. The Kier molecular flexibility index (Phi) is 14.7. The third-order valence-electron chi connectivity index (χ3n) is 13.7. The van der Waals surface area contributed by atoms with Crippen molar-refractivity contribution in [1.29, 1.82) is 0 Å². The average molecular weight is 1100 g/mol. The molecule has 75 heavy (non-hydrogen) atoms. The van der Waals surface area contributed by atoms with Crippen molar-refractivity contribution in [3.63, 3.8) is 0 Å². The van der Waals surface area contributed by atoms with Crippen LogP contribution in [0.5, 0.6) is 0 Å². The van der Waals surface area contributed by atoms with Crippen LogP contribution in [0.2, 0.25) is 0 Å². The van der Waals surface area contributed by atoms with Crippen LogP contribution in [0.1, 0.15) is 51.6 Å². The van der Waals surface area contributed by atoms with Crippen LogP contribution in [0.25, 0.3) is 11.4 Å². The molecule has 15 heteroatoms. The molecule has 0 spiro atoms. The normalized spacial score (nSPS) is 14.7. The number of anilines is 2. The van der Waals surface area contributed by atoms with Crippen molar-refractivity contribution in [1.82, 2.24) is 20.6 Å². The first-order valence-electron chi connectivity index (χ1n) is 24.1. The summed E-state index contributed by atoms with van der Waals surface area (Å²) in [7, 11) is -7.97. The summed E-state index contributed by atoms with van der Waals surface area (Å²) in [5.74, 6) is -0.655. The molecule has 0 aromatic heterocycles. The van der Waals surface area contributed by atoms with Gasteiger partial charge < -0.3 is 0 Å². The van der Waals surface area contributed by atoms with Crippen molar-refractivity contribution in [3.8, 4) is 0 Å². The number of allylic oxidation sites excluding steroid dienone is 2. The monoisotopic (exact) mass is 1100 g/mol. The number of hydrogen-bond donors (Lipinski definition) is 6. The third-order valence-corrected chi connectivity index (χ3v) is 27.3. The van der Waals surface area contributed by atoms with Gasteiger partial charge in [-0.3, -0.25) is 0 Å². The fourth-order valence-corrected chi connectivity index (χ4v) is 26.5. The molecule has 0 saturated carbocycles. The van der Waals surface area contributed by atoms with E-state index in [0.29, 0.717) is 70.7 Å². The van der Waals surface area contributed by atoms with Crippen molar-refractivity contribution in [2.75, 3.05) is 10.6 Å². The van der Waals surface area contributed by atoms with Gasteiger partial charge in [0.15, 0.2) is 0 Å². The Balaban J connectivity index is 1.34. The Bertz CT molecular complexity index is 3190. The third kappa shape index (κ3) is 9.09. The topological polar surface area (TPSA) is 175 Å². The summed E-state index contributed by atoms with van der Waals surface area (Å²) in [5.41, 5.74) is 5.48. The molecule has 2 atom stereocenters. The zero-order valence-corrected chi connectivity index (χ0v) is 44.1. The van der Waals surface area contributed by atoms with Gasteiger partial charge in [-0.15, -0.1) is 0 Å². The van der Waals surface area contributed by atoms with Gasteiger partial charge in [-0.2, -0.15) is 0 Å². The van der Waals surface area contributed by atoms with Crippen LogP contribution in [0, 0.1) is 0 Å². The molecule has 6 amide bonds. The van der Waals surface area contributed by atoms with Crippen LogP contribution >= 0.6 is 0 Å². The van der Waals surface area contributed by atoms with Crippen LogP contribution in [-0.4, -0.2) is 53.9 Å². The van der Waals surface area contributed by atoms with E-state index in [9.17, 15) is 19.2 Å². The van der Waals surface area contributed by atoms with Gasteiger partial charge in [0, 0.05) is 0 Å². The Morgan fingerprint density at radius 3 is 0.947 bits per heavy atom. The second-order valence-electron chi connectivity index (χ2n) is 17.7. The Morgan fingerprint density at radius 2 is 0.653 bits per heavy atom. The van der Waals surface area contributed by atoms with Crippen LogP contribution in [0.3, 0.4) is 0 Å². The predicted octanol–water partition coefficient (Wildman–Crippen LogP) is 6.09. The molecule has 12 nitrogen and oxygen atoms in total. The minimum atomic E-state index is -3.98. The number of hydrogen-bond acceptors (Lipinski definition) is 6.